The van der Waals surface area contributed by atoms with Crippen molar-refractivity contribution in [2.24, 2.45) is 4.99 Å². The zero-order chi connectivity index (χ0) is 36.7. The fourth-order valence-electron chi connectivity index (χ4n) is 8.74. The van der Waals surface area contributed by atoms with E-state index in [0.29, 0.717) is 0 Å². The quantitative estimate of drug-likeness (QED) is 0.0881. The predicted molar refractivity (Wildman–Crippen MR) is 228 cm³/mol. The van der Waals surface area contributed by atoms with E-state index < -0.39 is 0 Å². The first-order valence-corrected chi connectivity index (χ1v) is 18.1. The van der Waals surface area contributed by atoms with Crippen molar-refractivity contribution in [3.05, 3.63) is 157 Å². The molecule has 54 heavy (non-hydrogen) atoms. The molecular weight excluding hydrogens is 896 g/mol. The average Bonchev–Trinajstić information content (AvgIpc) is 3.01. The number of nitrogens with zero attached hydrogens (tertiary/aromatic N) is 2. The molecule has 0 bridgehead atoms. The van der Waals surface area contributed by atoms with Gasteiger partial charge in [-0.3, -0.25) is 0 Å². The van der Waals surface area contributed by atoms with E-state index in [4.69, 9.17) is 10.3 Å². The van der Waals surface area contributed by atoms with Crippen molar-refractivity contribution in [1.29, 1.82) is 0 Å². The maximum atomic E-state index is 5.36. The molecule has 276 valence electrons. The van der Waals surface area contributed by atoms with E-state index in [1.54, 1.807) is 6.34 Å². The van der Waals surface area contributed by atoms with E-state index >= 15 is 0 Å². The molecule has 0 N–H and O–H groups in total. The summed E-state index contributed by atoms with van der Waals surface area (Å²) in [5.41, 5.74) is 26.4. The van der Waals surface area contributed by atoms with Crippen molar-refractivity contribution >= 4 is 43.9 Å². The van der Waals surface area contributed by atoms with Crippen molar-refractivity contribution < 1.29 is 24.8 Å². The van der Waals surface area contributed by atoms with Gasteiger partial charge in [0.1, 0.15) is 0 Å². The number of rotatable bonds is 7. The van der Waals surface area contributed by atoms with E-state index in [-0.39, 0.29) is 51.0 Å². The van der Waals surface area contributed by atoms with Crippen molar-refractivity contribution in [2.75, 3.05) is 0 Å². The van der Waals surface area contributed by atoms with Gasteiger partial charge in [-0.15, -0.1) is 0 Å². The van der Waals surface area contributed by atoms with Crippen LogP contribution >= 0.6 is 0 Å². The first kappa shape index (κ1) is 44.6. The van der Waals surface area contributed by atoms with Crippen LogP contribution in [0.25, 0.3) is 49.8 Å². The topological polar surface area (TPSA) is 26.5 Å². The summed E-state index contributed by atoms with van der Waals surface area (Å²) in [7, 11) is 0. The SMILES string of the molecule is Cc1cc(C)c(-c2cccc(-c3c(C)cc(C)cc3C)c2N=C[N-]c2c(-c3c(C)cc(C)cc3C)cccc2-c2c(C)cc(C)cc2C)c(C)c1.[Bi+3].[Cl-].[Cl-]. The Bertz CT molecular complexity index is 2130. The Morgan fingerprint density at radius 2 is 0.630 bits per heavy atom. The van der Waals surface area contributed by atoms with E-state index in [0.717, 1.165) is 33.6 Å². The number of hydrogen-bond acceptors (Lipinski definition) is 1. The summed E-state index contributed by atoms with van der Waals surface area (Å²) in [5.74, 6) is 0. The molecule has 0 aliphatic rings. The van der Waals surface area contributed by atoms with Crippen LogP contribution in [0.5, 0.6) is 0 Å². The molecule has 0 unspecified atom stereocenters. The first-order chi connectivity index (χ1) is 24.2. The molecule has 0 saturated carbocycles. The summed E-state index contributed by atoms with van der Waals surface area (Å²) in [6.45, 7) is 26.4. The van der Waals surface area contributed by atoms with Crippen molar-refractivity contribution in [2.45, 2.75) is 83.1 Å². The minimum absolute atomic E-state index is 0. The Labute approximate surface area is 355 Å². The monoisotopic (exact) mass is 946 g/mol. The standard InChI is InChI=1S/C49H51N2.Bi.2ClH/c1-28-19-32(5)44(33(6)20-28)40-15-13-16-41(45-34(7)21-29(2)22-35(45)8)48(40)50-27-51-49-42(46-36(9)23-30(3)24-37(46)10)17-14-18-43(49)47-38(11)25-31(4)26-39(47)12;;;/h13-27H,1-12H3;;2*1H/q-1;+3;;/p-2. The van der Waals surface area contributed by atoms with E-state index in [1.807, 2.05) is 0 Å². The van der Waals surface area contributed by atoms with Gasteiger partial charge in [0.25, 0.3) is 0 Å². The first-order valence-electron chi connectivity index (χ1n) is 18.1. The molecule has 0 atom stereocenters. The van der Waals surface area contributed by atoms with Gasteiger partial charge in [0.15, 0.2) is 0 Å². The van der Waals surface area contributed by atoms with Gasteiger partial charge in [-0.05, 0) is 183 Å². The Hall–Kier alpha value is -3.75. The minimum Gasteiger partial charge on any atom is -1.00 e. The molecule has 6 aromatic rings. The van der Waals surface area contributed by atoms with Crippen LogP contribution < -0.4 is 24.8 Å². The van der Waals surface area contributed by atoms with Crippen LogP contribution in [-0.4, -0.2) is 32.5 Å². The largest absolute Gasteiger partial charge is 3.00 e. The van der Waals surface area contributed by atoms with Gasteiger partial charge in [-0.1, -0.05) is 114 Å². The third-order valence-electron chi connectivity index (χ3n) is 10.2. The van der Waals surface area contributed by atoms with Crippen LogP contribution in [0, 0.1) is 83.1 Å². The molecule has 0 aliphatic heterocycles. The second kappa shape index (κ2) is 18.3. The van der Waals surface area contributed by atoms with E-state index in [2.05, 4.69) is 168 Å². The molecule has 0 heterocycles. The predicted octanol–water partition coefficient (Wildman–Crippen LogP) is 8.05. The summed E-state index contributed by atoms with van der Waals surface area (Å²) in [4.78, 5) is 5.36. The molecular formula is C49H51BiCl2N2. The zero-order valence-electron chi connectivity index (χ0n) is 33.8. The molecule has 6 rings (SSSR count). The smallest absolute Gasteiger partial charge is 1.00 e. The van der Waals surface area contributed by atoms with Gasteiger partial charge in [0, 0.05) is 0 Å². The van der Waals surface area contributed by atoms with Gasteiger partial charge in [-0.2, -0.15) is 0 Å². The molecule has 0 spiro atoms. The molecule has 0 aromatic heterocycles. The zero-order valence-corrected chi connectivity index (χ0v) is 38.7. The summed E-state index contributed by atoms with van der Waals surface area (Å²) < 4.78 is 0. The number of aliphatic imine (C=N–C) groups is 1. The second-order valence-electron chi connectivity index (χ2n) is 14.9. The maximum absolute atomic E-state index is 5.36. The number of aryl methyl sites for hydroxylation is 12. The summed E-state index contributed by atoms with van der Waals surface area (Å²) in [6.07, 6.45) is 1.81. The maximum Gasteiger partial charge on any atom is 3.00 e. The minimum atomic E-state index is 0. The number of para-hydroxylation sites is 2. The summed E-state index contributed by atoms with van der Waals surface area (Å²) >= 11 is 0. The van der Waals surface area contributed by atoms with E-state index in [9.17, 15) is 0 Å². The molecule has 0 aliphatic carbocycles. The van der Waals surface area contributed by atoms with Gasteiger partial charge >= 0.3 is 26.2 Å². The van der Waals surface area contributed by atoms with Crippen molar-refractivity contribution in [3.8, 4) is 44.5 Å². The third kappa shape index (κ3) is 8.86. The number of hydrogen-bond donors (Lipinski definition) is 0. The van der Waals surface area contributed by atoms with Gasteiger partial charge in [0.05, 0.1) is 0 Å². The van der Waals surface area contributed by atoms with Crippen LogP contribution in [0.4, 0.5) is 11.4 Å². The Morgan fingerprint density at radius 3 is 0.907 bits per heavy atom. The van der Waals surface area contributed by atoms with Crippen LogP contribution in [0.15, 0.2) is 89.9 Å². The Morgan fingerprint density at radius 1 is 0.389 bits per heavy atom. The molecule has 2 nitrogen and oxygen atoms in total. The Kier molecular flexibility index (Phi) is 15.1. The third-order valence-corrected chi connectivity index (χ3v) is 10.2. The van der Waals surface area contributed by atoms with Crippen molar-refractivity contribution in [3.63, 3.8) is 0 Å². The van der Waals surface area contributed by atoms with Crippen LogP contribution in [0.3, 0.4) is 0 Å². The second-order valence-corrected chi connectivity index (χ2v) is 14.9. The molecule has 6 aromatic carbocycles. The summed E-state index contributed by atoms with van der Waals surface area (Å²) in [6, 6.07) is 31.4. The average molecular weight is 948 g/mol. The fourth-order valence-corrected chi connectivity index (χ4v) is 8.74. The van der Waals surface area contributed by atoms with Crippen LogP contribution in [0.2, 0.25) is 0 Å². The van der Waals surface area contributed by atoms with Crippen LogP contribution in [0.1, 0.15) is 66.8 Å². The summed E-state index contributed by atoms with van der Waals surface area (Å²) in [5, 5.41) is 5.36. The molecule has 5 heteroatoms. The molecule has 0 saturated heterocycles. The number of halogens is 2. The van der Waals surface area contributed by atoms with Gasteiger partial charge < -0.3 is 35.1 Å². The van der Waals surface area contributed by atoms with E-state index in [1.165, 1.54) is 89.0 Å². The van der Waals surface area contributed by atoms with Gasteiger partial charge in [0.2, 0.25) is 0 Å². The molecule has 0 fully saturated rings. The Balaban J connectivity index is 0.00000261. The number of benzene rings is 6. The molecule has 2 radical (unpaired) electrons. The normalized spacial score (nSPS) is 10.8. The van der Waals surface area contributed by atoms with Crippen molar-refractivity contribution in [1.82, 2.24) is 0 Å². The van der Waals surface area contributed by atoms with Crippen LogP contribution in [-0.2, 0) is 0 Å². The fraction of sp³-hybridized carbons (Fsp3) is 0.245. The van der Waals surface area contributed by atoms with Gasteiger partial charge in [-0.25, -0.2) is 0 Å². The molecule has 0 amide bonds.